The summed E-state index contributed by atoms with van der Waals surface area (Å²) in [5.41, 5.74) is 0.384. The molecule has 3 rings (SSSR count). The first-order valence-electron chi connectivity index (χ1n) is 7.61. The number of sulfonamides is 1. The van der Waals surface area contributed by atoms with Gasteiger partial charge in [-0.2, -0.15) is 0 Å². The number of rotatable bonds is 4. The Bertz CT molecular complexity index is 629. The van der Waals surface area contributed by atoms with Crippen molar-refractivity contribution in [2.24, 2.45) is 11.8 Å². The Morgan fingerprint density at radius 3 is 2.48 bits per heavy atom. The van der Waals surface area contributed by atoms with E-state index in [-0.39, 0.29) is 29.4 Å². The van der Waals surface area contributed by atoms with Crippen LogP contribution in [-0.2, 0) is 14.8 Å². The molecule has 2 heterocycles. The standard InChI is InChI=1S/C14H23N3O4S.ClH/c1-8-14(9(2)21-16-8)22(18,19)17-12-4-10-6-15-7-11(10)5-13(12)20-3;/h10-13,15,17H,4-7H2,1-3H3;1H/t10-,11+,12-,13-;/m0./s1. The smallest absolute Gasteiger partial charge is 0.246 e. The van der Waals surface area contributed by atoms with Crippen LogP contribution in [0, 0.1) is 25.7 Å². The molecule has 0 amide bonds. The molecule has 0 unspecified atom stereocenters. The molecule has 23 heavy (non-hydrogen) atoms. The fraction of sp³-hybridized carbons (Fsp3) is 0.786. The van der Waals surface area contributed by atoms with Crippen LogP contribution >= 0.6 is 12.4 Å². The van der Waals surface area contributed by atoms with Gasteiger partial charge in [0.25, 0.3) is 0 Å². The first-order chi connectivity index (χ1) is 10.4. The first kappa shape index (κ1) is 18.7. The van der Waals surface area contributed by atoms with Crippen LogP contribution in [0.25, 0.3) is 0 Å². The molecule has 0 bridgehead atoms. The molecule has 2 N–H and O–H groups in total. The van der Waals surface area contributed by atoms with Gasteiger partial charge in [-0.05, 0) is 51.6 Å². The van der Waals surface area contributed by atoms with Crippen LogP contribution in [-0.4, -0.2) is 45.9 Å². The van der Waals surface area contributed by atoms with Crippen molar-refractivity contribution in [3.05, 3.63) is 11.5 Å². The zero-order valence-corrected chi connectivity index (χ0v) is 15.2. The van der Waals surface area contributed by atoms with Gasteiger partial charge in [0.1, 0.15) is 10.6 Å². The Hall–Kier alpha value is -0.670. The van der Waals surface area contributed by atoms with Gasteiger partial charge in [-0.15, -0.1) is 12.4 Å². The molecule has 2 fully saturated rings. The fourth-order valence-electron chi connectivity index (χ4n) is 3.78. The molecule has 2 aliphatic rings. The van der Waals surface area contributed by atoms with E-state index in [0.29, 0.717) is 23.3 Å². The molecular weight excluding hydrogens is 342 g/mol. The number of aromatic nitrogens is 1. The number of halogens is 1. The summed E-state index contributed by atoms with van der Waals surface area (Å²) >= 11 is 0. The zero-order chi connectivity index (χ0) is 15.9. The number of hydrogen-bond donors (Lipinski definition) is 2. The van der Waals surface area contributed by atoms with Crippen molar-refractivity contribution in [3.8, 4) is 0 Å². The molecule has 0 spiro atoms. The largest absolute Gasteiger partial charge is 0.380 e. The van der Waals surface area contributed by atoms with E-state index in [1.54, 1.807) is 21.0 Å². The Kier molecular flexibility index (Phi) is 5.73. The van der Waals surface area contributed by atoms with Crippen molar-refractivity contribution in [1.29, 1.82) is 0 Å². The van der Waals surface area contributed by atoms with Crippen molar-refractivity contribution in [2.45, 2.75) is 43.7 Å². The summed E-state index contributed by atoms with van der Waals surface area (Å²) in [5.74, 6) is 1.39. The molecule has 1 aromatic rings. The molecule has 1 saturated heterocycles. The highest BCUT2D eigenvalue weighted by Crippen LogP contribution is 2.35. The summed E-state index contributed by atoms with van der Waals surface area (Å²) in [4.78, 5) is 0.147. The van der Waals surface area contributed by atoms with Gasteiger partial charge in [0.2, 0.25) is 10.0 Å². The molecule has 1 aliphatic heterocycles. The minimum atomic E-state index is -3.66. The highest BCUT2D eigenvalue weighted by atomic mass is 35.5. The third kappa shape index (κ3) is 3.56. The van der Waals surface area contributed by atoms with E-state index in [2.05, 4.69) is 15.2 Å². The maximum Gasteiger partial charge on any atom is 0.246 e. The molecule has 0 radical (unpaired) electrons. The average Bonchev–Trinajstić information content (AvgIpc) is 3.03. The molecular formula is C14H24ClN3O4S. The lowest BCUT2D eigenvalue weighted by molar-refractivity contribution is 0.0194. The normalized spacial score (nSPS) is 30.7. The van der Waals surface area contributed by atoms with Crippen LogP contribution in [0.3, 0.4) is 0 Å². The molecule has 9 heteroatoms. The number of aryl methyl sites for hydroxylation is 2. The number of hydrogen-bond acceptors (Lipinski definition) is 6. The van der Waals surface area contributed by atoms with Crippen molar-refractivity contribution >= 4 is 22.4 Å². The van der Waals surface area contributed by atoms with Crippen LogP contribution < -0.4 is 10.0 Å². The number of nitrogens with zero attached hydrogens (tertiary/aromatic N) is 1. The van der Waals surface area contributed by atoms with Crippen LogP contribution in [0.2, 0.25) is 0 Å². The highest BCUT2D eigenvalue weighted by molar-refractivity contribution is 7.89. The monoisotopic (exact) mass is 365 g/mol. The highest BCUT2D eigenvalue weighted by Gasteiger charge is 2.41. The average molecular weight is 366 g/mol. The van der Waals surface area contributed by atoms with E-state index in [0.717, 1.165) is 25.9 Å². The van der Waals surface area contributed by atoms with E-state index < -0.39 is 10.0 Å². The Balaban J connectivity index is 0.00000192. The van der Waals surface area contributed by atoms with Gasteiger partial charge in [0.05, 0.1) is 6.10 Å². The predicted octanol–water partition coefficient (Wildman–Crippen LogP) is 1.00. The van der Waals surface area contributed by atoms with Gasteiger partial charge >= 0.3 is 0 Å². The van der Waals surface area contributed by atoms with Crippen molar-refractivity contribution in [3.63, 3.8) is 0 Å². The lowest BCUT2D eigenvalue weighted by atomic mass is 9.78. The van der Waals surface area contributed by atoms with Crippen molar-refractivity contribution in [1.82, 2.24) is 15.2 Å². The molecule has 0 aromatic carbocycles. The minimum absolute atomic E-state index is 0. The maximum absolute atomic E-state index is 12.7. The number of nitrogens with one attached hydrogen (secondary N) is 2. The van der Waals surface area contributed by atoms with Crippen LogP contribution in [0.1, 0.15) is 24.3 Å². The predicted molar refractivity (Wildman–Crippen MR) is 87.2 cm³/mol. The molecule has 1 aliphatic carbocycles. The molecule has 1 saturated carbocycles. The molecule has 132 valence electrons. The lowest BCUT2D eigenvalue weighted by Crippen LogP contribution is -2.50. The summed E-state index contributed by atoms with van der Waals surface area (Å²) in [7, 11) is -2.01. The summed E-state index contributed by atoms with van der Waals surface area (Å²) < 4.78 is 38.7. The van der Waals surface area contributed by atoms with Gasteiger partial charge in [-0.3, -0.25) is 0 Å². The van der Waals surface area contributed by atoms with Gasteiger partial charge in [0.15, 0.2) is 5.76 Å². The molecule has 7 nitrogen and oxygen atoms in total. The topological polar surface area (TPSA) is 93.5 Å². The Morgan fingerprint density at radius 2 is 1.91 bits per heavy atom. The third-order valence-electron chi connectivity index (χ3n) is 4.87. The molecule has 1 aromatic heterocycles. The van der Waals surface area contributed by atoms with Gasteiger partial charge in [-0.25, -0.2) is 13.1 Å². The number of methoxy groups -OCH3 is 1. The van der Waals surface area contributed by atoms with Gasteiger partial charge in [-0.1, -0.05) is 5.16 Å². The Morgan fingerprint density at radius 1 is 1.26 bits per heavy atom. The number of fused-ring (bicyclic) bond motifs is 1. The van der Waals surface area contributed by atoms with Gasteiger partial charge in [0, 0.05) is 13.2 Å². The summed E-state index contributed by atoms with van der Waals surface area (Å²) in [6, 6.07) is -0.218. The van der Waals surface area contributed by atoms with E-state index in [1.165, 1.54) is 0 Å². The van der Waals surface area contributed by atoms with Crippen molar-refractivity contribution < 1.29 is 17.7 Å². The zero-order valence-electron chi connectivity index (χ0n) is 13.5. The van der Waals surface area contributed by atoms with Crippen LogP contribution in [0.15, 0.2) is 9.42 Å². The van der Waals surface area contributed by atoms with Crippen molar-refractivity contribution in [2.75, 3.05) is 20.2 Å². The quantitative estimate of drug-likeness (QED) is 0.827. The van der Waals surface area contributed by atoms with E-state index in [1.807, 2.05) is 0 Å². The first-order valence-corrected chi connectivity index (χ1v) is 9.09. The second-order valence-electron chi connectivity index (χ2n) is 6.31. The summed E-state index contributed by atoms with van der Waals surface area (Å²) in [6.07, 6.45) is 1.57. The van der Waals surface area contributed by atoms with E-state index in [9.17, 15) is 8.42 Å². The minimum Gasteiger partial charge on any atom is -0.380 e. The summed E-state index contributed by atoms with van der Waals surface area (Å²) in [6.45, 7) is 5.19. The Labute approximate surface area is 143 Å². The number of ether oxygens (including phenoxy) is 1. The molecule has 4 atom stereocenters. The summed E-state index contributed by atoms with van der Waals surface area (Å²) in [5, 5.41) is 7.11. The van der Waals surface area contributed by atoms with Crippen LogP contribution in [0.4, 0.5) is 0 Å². The third-order valence-corrected chi connectivity index (χ3v) is 6.60. The second-order valence-corrected chi connectivity index (χ2v) is 7.96. The van der Waals surface area contributed by atoms with Gasteiger partial charge < -0.3 is 14.6 Å². The second kappa shape index (κ2) is 7.06. The fourth-order valence-corrected chi connectivity index (χ4v) is 5.39. The lowest BCUT2D eigenvalue weighted by Gasteiger charge is -2.37. The SMILES string of the molecule is CO[C@H]1C[C@@H]2CNC[C@@H]2C[C@@H]1NS(=O)(=O)c1c(C)noc1C.Cl. The maximum atomic E-state index is 12.7. The van der Waals surface area contributed by atoms with Crippen LogP contribution in [0.5, 0.6) is 0 Å². The van der Waals surface area contributed by atoms with E-state index >= 15 is 0 Å². The van der Waals surface area contributed by atoms with E-state index in [4.69, 9.17) is 9.26 Å².